The first-order chi connectivity index (χ1) is 17.9. The minimum atomic E-state index is -3.93. The van der Waals surface area contributed by atoms with Crippen molar-refractivity contribution < 1.29 is 26.0 Å². The predicted octanol–water partition coefficient (Wildman–Crippen LogP) is 3.21. The molecule has 1 aliphatic rings. The number of aromatic nitrogens is 2. The van der Waals surface area contributed by atoms with E-state index in [2.05, 4.69) is 20.0 Å². The van der Waals surface area contributed by atoms with E-state index in [-0.39, 0.29) is 35.4 Å². The monoisotopic (exact) mass is 561 g/mol. The van der Waals surface area contributed by atoms with Gasteiger partial charge in [-0.1, -0.05) is 18.2 Å². The lowest BCUT2D eigenvalue weighted by Crippen LogP contribution is -2.42. The zero-order valence-electron chi connectivity index (χ0n) is 20.9. The van der Waals surface area contributed by atoms with Crippen molar-refractivity contribution in [1.29, 1.82) is 0 Å². The SMILES string of the molecule is Cc1cc(C)nc(NS(=O)(=O)c2ccc(NC(=O)C3CCN(S(=O)(=O)Cc4ccccc4F)CC3)cc2)n1. The fourth-order valence-corrected chi connectivity index (χ4v) is 6.73. The van der Waals surface area contributed by atoms with Crippen molar-refractivity contribution in [3.63, 3.8) is 0 Å². The lowest BCUT2D eigenvalue weighted by atomic mass is 9.97. The van der Waals surface area contributed by atoms with Gasteiger partial charge in [0.1, 0.15) is 5.82 Å². The second-order valence-electron chi connectivity index (χ2n) is 9.11. The van der Waals surface area contributed by atoms with Crippen LogP contribution in [-0.4, -0.2) is 50.1 Å². The van der Waals surface area contributed by atoms with Gasteiger partial charge in [0.25, 0.3) is 10.0 Å². The van der Waals surface area contributed by atoms with Crippen molar-refractivity contribution in [2.45, 2.75) is 37.3 Å². The third-order valence-electron chi connectivity index (χ3n) is 6.15. The Kier molecular flexibility index (Phi) is 8.09. The van der Waals surface area contributed by atoms with Crippen molar-refractivity contribution in [2.75, 3.05) is 23.1 Å². The number of piperidine rings is 1. The molecule has 38 heavy (non-hydrogen) atoms. The first-order valence-corrected chi connectivity index (χ1v) is 15.0. The van der Waals surface area contributed by atoms with Gasteiger partial charge in [-0.15, -0.1) is 0 Å². The van der Waals surface area contributed by atoms with Crippen LogP contribution in [0.4, 0.5) is 16.0 Å². The van der Waals surface area contributed by atoms with Crippen molar-refractivity contribution in [2.24, 2.45) is 5.92 Å². The minimum absolute atomic E-state index is 0.0216. The van der Waals surface area contributed by atoms with Crippen molar-refractivity contribution in [1.82, 2.24) is 14.3 Å². The summed E-state index contributed by atoms with van der Waals surface area (Å²) in [6, 6.07) is 13.1. The standard InChI is InChI=1S/C25H28FN5O5S2/c1-17-15-18(2)28-25(27-17)30-38(35,36)22-9-7-21(8-10-22)29-24(32)19-11-13-31(14-12-19)37(33,34)16-20-5-3-4-6-23(20)26/h3-10,15,19H,11-14,16H2,1-2H3,(H,29,32)(H,27,28,30). The molecular formula is C25H28FN5O5S2. The molecule has 2 N–H and O–H groups in total. The number of benzene rings is 2. The van der Waals surface area contributed by atoms with Crippen LogP contribution in [0.1, 0.15) is 29.8 Å². The Morgan fingerprint density at radius 1 is 0.974 bits per heavy atom. The van der Waals surface area contributed by atoms with E-state index < -0.39 is 37.5 Å². The first-order valence-electron chi connectivity index (χ1n) is 11.9. The van der Waals surface area contributed by atoms with E-state index in [1.807, 2.05) is 0 Å². The molecule has 202 valence electrons. The fourth-order valence-electron chi connectivity index (χ4n) is 4.21. The number of carbonyl (C=O) groups is 1. The van der Waals surface area contributed by atoms with Gasteiger partial charge in [0.2, 0.25) is 21.9 Å². The van der Waals surface area contributed by atoms with E-state index >= 15 is 0 Å². The topological polar surface area (TPSA) is 138 Å². The number of anilines is 2. The van der Waals surface area contributed by atoms with Gasteiger partial charge < -0.3 is 5.32 Å². The van der Waals surface area contributed by atoms with Gasteiger partial charge in [0.05, 0.1) is 10.6 Å². The maximum atomic E-state index is 13.9. The molecule has 1 saturated heterocycles. The molecule has 0 unspecified atom stereocenters. The number of halogens is 1. The highest BCUT2D eigenvalue weighted by Gasteiger charge is 2.31. The second kappa shape index (κ2) is 11.1. The maximum absolute atomic E-state index is 13.9. The fraction of sp³-hybridized carbons (Fsp3) is 0.320. The van der Waals surface area contributed by atoms with Crippen molar-refractivity contribution >= 4 is 37.6 Å². The van der Waals surface area contributed by atoms with Crippen LogP contribution in [0, 0.1) is 25.6 Å². The molecule has 0 bridgehead atoms. The summed E-state index contributed by atoms with van der Waals surface area (Å²) >= 11 is 0. The predicted molar refractivity (Wildman–Crippen MR) is 141 cm³/mol. The molecule has 1 amide bonds. The zero-order valence-corrected chi connectivity index (χ0v) is 22.5. The van der Waals surface area contributed by atoms with Gasteiger partial charge in [-0.3, -0.25) is 4.79 Å². The Bertz CT molecular complexity index is 1520. The third kappa shape index (κ3) is 6.71. The average molecular weight is 562 g/mol. The highest BCUT2D eigenvalue weighted by molar-refractivity contribution is 7.92. The lowest BCUT2D eigenvalue weighted by molar-refractivity contribution is -0.120. The summed E-state index contributed by atoms with van der Waals surface area (Å²) in [5.74, 6) is -1.73. The number of amides is 1. The average Bonchev–Trinajstić information content (AvgIpc) is 2.85. The second-order valence-corrected chi connectivity index (χ2v) is 12.8. The van der Waals surface area contributed by atoms with Crippen LogP contribution in [0.3, 0.4) is 0 Å². The summed E-state index contributed by atoms with van der Waals surface area (Å²) < 4.78 is 68.4. The Hall–Kier alpha value is -3.42. The van der Waals surface area contributed by atoms with E-state index in [1.54, 1.807) is 26.0 Å². The molecule has 0 radical (unpaired) electrons. The number of carbonyl (C=O) groups excluding carboxylic acids is 1. The number of hydrogen-bond acceptors (Lipinski definition) is 7. The molecule has 1 fully saturated rings. The molecule has 2 aromatic carbocycles. The van der Waals surface area contributed by atoms with Gasteiger partial charge in [-0.2, -0.15) is 0 Å². The van der Waals surface area contributed by atoms with Crippen LogP contribution in [0.5, 0.6) is 0 Å². The molecule has 1 aliphatic heterocycles. The van der Waals surface area contributed by atoms with Gasteiger partial charge in [0, 0.05) is 41.6 Å². The zero-order chi connectivity index (χ0) is 27.5. The number of nitrogens with zero attached hydrogens (tertiary/aromatic N) is 3. The number of sulfonamides is 2. The van der Waals surface area contributed by atoms with Gasteiger partial charge in [-0.05, 0) is 63.1 Å². The van der Waals surface area contributed by atoms with Crippen LogP contribution in [0.2, 0.25) is 0 Å². The first kappa shape index (κ1) is 27.6. The molecule has 0 atom stereocenters. The summed E-state index contributed by atoms with van der Waals surface area (Å²) in [6.45, 7) is 3.77. The quantitative estimate of drug-likeness (QED) is 0.431. The van der Waals surface area contributed by atoms with Crippen LogP contribution >= 0.6 is 0 Å². The molecule has 0 spiro atoms. The smallest absolute Gasteiger partial charge is 0.264 e. The highest BCUT2D eigenvalue weighted by atomic mass is 32.2. The summed E-state index contributed by atoms with van der Waals surface area (Å²) in [6.07, 6.45) is 0.628. The normalized spacial score (nSPS) is 15.2. The number of hydrogen-bond donors (Lipinski definition) is 2. The minimum Gasteiger partial charge on any atom is -0.326 e. The summed E-state index contributed by atoms with van der Waals surface area (Å²) in [4.78, 5) is 20.9. The van der Waals surface area contributed by atoms with Crippen molar-refractivity contribution in [3.05, 3.63) is 77.4 Å². The van der Waals surface area contributed by atoms with E-state index in [0.717, 1.165) is 0 Å². The van der Waals surface area contributed by atoms with Crippen LogP contribution < -0.4 is 10.0 Å². The van der Waals surface area contributed by atoms with Gasteiger partial charge >= 0.3 is 0 Å². The largest absolute Gasteiger partial charge is 0.326 e. The van der Waals surface area contributed by atoms with E-state index in [0.29, 0.717) is 29.9 Å². The number of nitrogens with one attached hydrogen (secondary N) is 2. The Morgan fingerprint density at radius 2 is 1.58 bits per heavy atom. The van der Waals surface area contributed by atoms with Gasteiger partial charge in [-0.25, -0.2) is 40.2 Å². The maximum Gasteiger partial charge on any atom is 0.264 e. The highest BCUT2D eigenvalue weighted by Crippen LogP contribution is 2.24. The molecule has 3 aromatic rings. The summed E-state index contributed by atoms with van der Waals surface area (Å²) in [5.41, 5.74) is 1.77. The van der Waals surface area contributed by atoms with Crippen molar-refractivity contribution in [3.8, 4) is 0 Å². The van der Waals surface area contributed by atoms with E-state index in [1.165, 1.54) is 46.8 Å². The summed E-state index contributed by atoms with van der Waals surface area (Å²) in [5, 5.41) is 2.76. The van der Waals surface area contributed by atoms with Crippen LogP contribution in [0.25, 0.3) is 0 Å². The summed E-state index contributed by atoms with van der Waals surface area (Å²) in [7, 11) is -7.66. The molecule has 0 aliphatic carbocycles. The third-order valence-corrected chi connectivity index (χ3v) is 9.33. The molecule has 13 heteroatoms. The molecule has 1 aromatic heterocycles. The Balaban J connectivity index is 1.33. The van der Waals surface area contributed by atoms with Gasteiger partial charge in [0.15, 0.2) is 0 Å². The number of rotatable bonds is 8. The van der Waals surface area contributed by atoms with Crippen LogP contribution in [-0.2, 0) is 30.6 Å². The van der Waals surface area contributed by atoms with E-state index in [9.17, 15) is 26.0 Å². The molecule has 0 saturated carbocycles. The molecular weight excluding hydrogens is 533 g/mol. The van der Waals surface area contributed by atoms with E-state index in [4.69, 9.17) is 0 Å². The Labute approximate surface area is 221 Å². The molecule has 10 nitrogen and oxygen atoms in total. The lowest BCUT2D eigenvalue weighted by Gasteiger charge is -2.30. The number of aryl methyl sites for hydroxylation is 2. The molecule has 2 heterocycles. The molecule has 4 rings (SSSR count). The van der Waals surface area contributed by atoms with Crippen LogP contribution in [0.15, 0.2) is 59.5 Å². The Morgan fingerprint density at radius 3 is 2.18 bits per heavy atom.